The molecule has 0 atom stereocenters. The topological polar surface area (TPSA) is 25.8 Å². The van der Waals surface area contributed by atoms with Crippen molar-refractivity contribution in [3.8, 4) is 0 Å². The van der Waals surface area contributed by atoms with Crippen LogP contribution >= 0.6 is 0 Å². The van der Waals surface area contributed by atoms with Gasteiger partial charge in [-0.15, -0.1) is 0 Å². The van der Waals surface area contributed by atoms with Gasteiger partial charge in [0.05, 0.1) is 11.0 Å². The third-order valence-electron chi connectivity index (χ3n) is 2.72. The van der Waals surface area contributed by atoms with Crippen molar-refractivity contribution >= 4 is 48.4 Å². The fourth-order valence-electron chi connectivity index (χ4n) is 1.94. The Kier molecular flexibility index (Phi) is 1.96. The van der Waals surface area contributed by atoms with Gasteiger partial charge in [0.2, 0.25) is 0 Å². The highest BCUT2D eigenvalue weighted by molar-refractivity contribution is 6.52. The molecule has 0 aliphatic rings. The highest BCUT2D eigenvalue weighted by Crippen LogP contribution is 2.13. The minimum atomic E-state index is 0.632. The molecule has 0 aliphatic carbocycles. The van der Waals surface area contributed by atoms with Crippen LogP contribution in [0.3, 0.4) is 0 Å². The van der Waals surface area contributed by atoms with Crippen LogP contribution in [0.5, 0.6) is 0 Å². The van der Waals surface area contributed by atoms with Gasteiger partial charge in [0, 0.05) is 12.4 Å². The van der Waals surface area contributed by atoms with Gasteiger partial charge >= 0.3 is 0 Å². The van der Waals surface area contributed by atoms with Crippen LogP contribution < -0.4 is 10.9 Å². The van der Waals surface area contributed by atoms with Gasteiger partial charge in [-0.3, -0.25) is 9.97 Å². The first kappa shape index (κ1) is 9.40. The van der Waals surface area contributed by atoms with E-state index in [0.717, 1.165) is 10.8 Å². The molecule has 4 radical (unpaired) electrons. The van der Waals surface area contributed by atoms with E-state index in [0.29, 0.717) is 22.0 Å². The third kappa shape index (κ3) is 1.16. The first-order valence-electron chi connectivity index (χ1n) is 4.95. The van der Waals surface area contributed by atoms with Crippen LogP contribution in [-0.2, 0) is 0 Å². The van der Waals surface area contributed by atoms with Gasteiger partial charge in [0.25, 0.3) is 0 Å². The molecule has 70 valence electrons. The summed E-state index contributed by atoms with van der Waals surface area (Å²) in [5, 5.41) is 1.85. The van der Waals surface area contributed by atoms with Crippen LogP contribution in [0.2, 0.25) is 0 Å². The van der Waals surface area contributed by atoms with Crippen molar-refractivity contribution in [2.24, 2.45) is 0 Å². The number of fused-ring (bicyclic) bond motifs is 2. The molecule has 0 bridgehead atoms. The highest BCUT2D eigenvalue weighted by atomic mass is 14.8. The van der Waals surface area contributed by atoms with Crippen LogP contribution in [0.1, 0.15) is 0 Å². The number of hydrogen-bond acceptors (Lipinski definition) is 2. The third-order valence-corrected chi connectivity index (χ3v) is 2.72. The number of hydrogen-bond donors (Lipinski definition) is 0. The van der Waals surface area contributed by atoms with Crippen molar-refractivity contribution in [3.63, 3.8) is 0 Å². The van der Waals surface area contributed by atoms with Crippen molar-refractivity contribution in [1.82, 2.24) is 9.97 Å². The molecular weight excluding hydrogens is 194 g/mol. The molecule has 0 unspecified atom stereocenters. The standard InChI is InChI=1S/C12H6B2N2/c13-9-7-3-1-2-4-8(7)10(14)12-11(9)15-5-6-16-12/h1-6H. The van der Waals surface area contributed by atoms with E-state index in [1.807, 2.05) is 24.3 Å². The van der Waals surface area contributed by atoms with Gasteiger partial charge in [-0.05, 0) is 10.8 Å². The summed E-state index contributed by atoms with van der Waals surface area (Å²) in [7, 11) is 12.1. The van der Waals surface area contributed by atoms with Gasteiger partial charge in [-0.25, -0.2) is 0 Å². The molecule has 2 aromatic carbocycles. The van der Waals surface area contributed by atoms with Gasteiger partial charge in [-0.1, -0.05) is 35.2 Å². The molecule has 0 aliphatic heterocycles. The predicted molar refractivity (Wildman–Crippen MR) is 67.8 cm³/mol. The summed E-state index contributed by atoms with van der Waals surface area (Å²) in [6, 6.07) is 7.74. The van der Waals surface area contributed by atoms with Crippen LogP contribution in [-0.4, -0.2) is 25.7 Å². The number of aromatic nitrogens is 2. The zero-order valence-corrected chi connectivity index (χ0v) is 8.51. The van der Waals surface area contributed by atoms with E-state index in [1.54, 1.807) is 12.4 Å². The zero-order valence-electron chi connectivity index (χ0n) is 8.51. The largest absolute Gasteiger partial charge is 0.254 e. The second-order valence-corrected chi connectivity index (χ2v) is 3.63. The summed E-state index contributed by atoms with van der Waals surface area (Å²) < 4.78 is 0. The quantitative estimate of drug-likeness (QED) is 0.387. The molecule has 0 fully saturated rings. The summed E-state index contributed by atoms with van der Waals surface area (Å²) in [6.07, 6.45) is 3.24. The normalized spacial score (nSPS) is 11.0. The van der Waals surface area contributed by atoms with Crippen molar-refractivity contribution in [2.75, 3.05) is 0 Å². The number of nitrogens with zero attached hydrogens (tertiary/aromatic N) is 2. The van der Waals surface area contributed by atoms with E-state index in [9.17, 15) is 0 Å². The smallest absolute Gasteiger partial charge is 0.117 e. The van der Waals surface area contributed by atoms with Gasteiger partial charge in [0.1, 0.15) is 15.7 Å². The Bertz CT molecular complexity index is 578. The molecule has 0 saturated carbocycles. The first-order chi connectivity index (χ1) is 7.79. The van der Waals surface area contributed by atoms with Crippen molar-refractivity contribution < 1.29 is 0 Å². The van der Waals surface area contributed by atoms with E-state index in [1.165, 1.54) is 0 Å². The molecule has 16 heavy (non-hydrogen) atoms. The van der Waals surface area contributed by atoms with Crippen molar-refractivity contribution in [3.05, 3.63) is 36.7 Å². The van der Waals surface area contributed by atoms with Crippen molar-refractivity contribution in [1.29, 1.82) is 0 Å². The number of rotatable bonds is 0. The monoisotopic (exact) mass is 200 g/mol. The lowest BCUT2D eigenvalue weighted by molar-refractivity contribution is 1.31. The molecule has 0 spiro atoms. The molecule has 3 rings (SSSR count). The fourth-order valence-corrected chi connectivity index (χ4v) is 1.94. The minimum Gasteiger partial charge on any atom is -0.254 e. The second kappa shape index (κ2) is 3.34. The second-order valence-electron chi connectivity index (χ2n) is 3.63. The van der Waals surface area contributed by atoms with Crippen LogP contribution in [0.25, 0.3) is 21.8 Å². The van der Waals surface area contributed by atoms with Crippen LogP contribution in [0, 0.1) is 0 Å². The average molecular weight is 200 g/mol. The van der Waals surface area contributed by atoms with Crippen molar-refractivity contribution in [2.45, 2.75) is 0 Å². The maximum atomic E-state index is 6.07. The van der Waals surface area contributed by atoms with E-state index < -0.39 is 0 Å². The van der Waals surface area contributed by atoms with Crippen LogP contribution in [0.15, 0.2) is 36.7 Å². The molecule has 0 amide bonds. The van der Waals surface area contributed by atoms with Gasteiger partial charge in [-0.2, -0.15) is 0 Å². The summed E-state index contributed by atoms with van der Waals surface area (Å²) in [4.78, 5) is 8.45. The molecule has 0 N–H and O–H groups in total. The lowest BCUT2D eigenvalue weighted by Crippen LogP contribution is -2.17. The van der Waals surface area contributed by atoms with Gasteiger partial charge < -0.3 is 0 Å². The Morgan fingerprint density at radius 2 is 1.19 bits per heavy atom. The molecule has 0 saturated heterocycles. The highest BCUT2D eigenvalue weighted by Gasteiger charge is 2.08. The predicted octanol–water partition coefficient (Wildman–Crippen LogP) is 0.371. The lowest BCUT2D eigenvalue weighted by atomic mass is 9.81. The lowest BCUT2D eigenvalue weighted by Gasteiger charge is -2.10. The first-order valence-corrected chi connectivity index (χ1v) is 4.95. The SMILES string of the molecule is [B]c1c2ccccc2c([B])c2nccnc12. The number of benzene rings is 2. The maximum Gasteiger partial charge on any atom is 0.117 e. The maximum absolute atomic E-state index is 6.07. The Hall–Kier alpha value is -1.83. The Morgan fingerprint density at radius 3 is 1.62 bits per heavy atom. The molecule has 1 aromatic heterocycles. The molecule has 1 heterocycles. The van der Waals surface area contributed by atoms with E-state index >= 15 is 0 Å². The Labute approximate surface area is 95.5 Å². The fraction of sp³-hybridized carbons (Fsp3) is 0. The van der Waals surface area contributed by atoms with E-state index in [2.05, 4.69) is 9.97 Å². The zero-order chi connectivity index (χ0) is 11.1. The average Bonchev–Trinajstić information content (AvgIpc) is 2.36. The minimum absolute atomic E-state index is 0.632. The summed E-state index contributed by atoms with van der Waals surface area (Å²) in [5.41, 5.74) is 2.60. The van der Waals surface area contributed by atoms with E-state index in [-0.39, 0.29) is 0 Å². The summed E-state index contributed by atoms with van der Waals surface area (Å²) >= 11 is 0. The molecule has 4 heteroatoms. The van der Waals surface area contributed by atoms with Crippen LogP contribution in [0.4, 0.5) is 0 Å². The van der Waals surface area contributed by atoms with E-state index in [4.69, 9.17) is 15.7 Å². The summed E-state index contributed by atoms with van der Waals surface area (Å²) in [5.74, 6) is 0. The summed E-state index contributed by atoms with van der Waals surface area (Å²) in [6.45, 7) is 0. The molecule has 2 nitrogen and oxygen atoms in total. The Balaban J connectivity index is 2.67. The Morgan fingerprint density at radius 1 is 0.750 bits per heavy atom. The molecule has 3 aromatic rings. The van der Waals surface area contributed by atoms with Gasteiger partial charge in [0.15, 0.2) is 0 Å². The molecular formula is C12H6B2N2.